The van der Waals surface area contributed by atoms with E-state index in [2.05, 4.69) is 4.72 Å². The second kappa shape index (κ2) is 5.94. The summed E-state index contributed by atoms with van der Waals surface area (Å²) in [6.07, 6.45) is 0. The van der Waals surface area contributed by atoms with E-state index in [0.717, 1.165) is 0 Å². The van der Waals surface area contributed by atoms with Gasteiger partial charge in [-0.3, -0.25) is 4.79 Å². The monoisotopic (exact) mass is 323 g/mol. The van der Waals surface area contributed by atoms with Crippen molar-refractivity contribution in [3.05, 3.63) is 36.4 Å². The molecule has 0 amide bonds. The molecule has 0 unspecified atom stereocenters. The zero-order valence-electron chi connectivity index (χ0n) is 12.1. The van der Waals surface area contributed by atoms with Crippen LogP contribution >= 0.6 is 0 Å². The Labute approximate surface area is 128 Å². The van der Waals surface area contributed by atoms with Gasteiger partial charge in [-0.05, 0) is 41.0 Å². The smallest absolute Gasteiger partial charge is 0.322 e. The Kier molecular flexibility index (Phi) is 4.39. The number of sulfonamides is 1. The maximum absolute atomic E-state index is 12.3. The summed E-state index contributed by atoms with van der Waals surface area (Å²) >= 11 is 0. The molecule has 0 saturated carbocycles. The van der Waals surface area contributed by atoms with Gasteiger partial charge in [-0.15, -0.1) is 0 Å². The first-order chi connectivity index (χ1) is 10.2. The summed E-state index contributed by atoms with van der Waals surface area (Å²) in [6, 6.07) is 7.77. The molecule has 3 N–H and O–H groups in total. The summed E-state index contributed by atoms with van der Waals surface area (Å²) < 4.78 is 26.9. The van der Waals surface area contributed by atoms with Crippen molar-refractivity contribution in [1.82, 2.24) is 4.72 Å². The van der Waals surface area contributed by atoms with Crippen molar-refractivity contribution in [3.63, 3.8) is 0 Å². The number of hydrogen-bond acceptors (Lipinski definition) is 4. The number of phenols is 1. The Morgan fingerprint density at radius 3 is 2.27 bits per heavy atom. The number of carboxylic acids is 1. The average Bonchev–Trinajstić information content (AvgIpc) is 2.43. The fraction of sp³-hybridized carbons (Fsp3) is 0.267. The number of nitrogens with one attached hydrogen (secondary N) is 1. The van der Waals surface area contributed by atoms with Crippen LogP contribution in [-0.4, -0.2) is 30.6 Å². The molecule has 0 aliphatic carbocycles. The maximum atomic E-state index is 12.3. The molecule has 7 heteroatoms. The molecular formula is C15H17NO5S. The van der Waals surface area contributed by atoms with E-state index in [0.29, 0.717) is 10.8 Å². The summed E-state index contributed by atoms with van der Waals surface area (Å²) in [6.45, 7) is 3.26. The van der Waals surface area contributed by atoms with Crippen molar-refractivity contribution in [1.29, 1.82) is 0 Å². The van der Waals surface area contributed by atoms with Crippen molar-refractivity contribution < 1.29 is 23.4 Å². The van der Waals surface area contributed by atoms with E-state index in [4.69, 9.17) is 5.11 Å². The minimum atomic E-state index is -3.94. The molecule has 2 aromatic carbocycles. The third-order valence-electron chi connectivity index (χ3n) is 3.32. The van der Waals surface area contributed by atoms with Crippen molar-refractivity contribution in [2.75, 3.05) is 0 Å². The van der Waals surface area contributed by atoms with Gasteiger partial charge in [-0.2, -0.15) is 4.72 Å². The Morgan fingerprint density at radius 2 is 1.68 bits per heavy atom. The van der Waals surface area contributed by atoms with E-state index >= 15 is 0 Å². The quantitative estimate of drug-likeness (QED) is 0.780. The Balaban J connectivity index is 2.41. The van der Waals surface area contributed by atoms with E-state index in [1.807, 2.05) is 0 Å². The molecule has 0 aromatic heterocycles. The van der Waals surface area contributed by atoms with Gasteiger partial charge in [0, 0.05) is 0 Å². The molecule has 0 radical (unpaired) electrons. The normalized spacial score (nSPS) is 13.4. The van der Waals surface area contributed by atoms with Crippen molar-refractivity contribution in [3.8, 4) is 5.75 Å². The van der Waals surface area contributed by atoms with E-state index < -0.39 is 22.0 Å². The number of aliphatic carboxylic acids is 1. The number of rotatable bonds is 5. The maximum Gasteiger partial charge on any atom is 0.322 e. The van der Waals surface area contributed by atoms with Gasteiger partial charge in [-0.1, -0.05) is 26.0 Å². The van der Waals surface area contributed by atoms with Gasteiger partial charge in [0.05, 0.1) is 4.90 Å². The van der Waals surface area contributed by atoms with Crippen LogP contribution < -0.4 is 4.72 Å². The average molecular weight is 323 g/mol. The SMILES string of the molecule is CC(C)[C@@H](NS(=O)(=O)c1ccc2cc(O)ccc2c1)C(=O)O. The van der Waals surface area contributed by atoms with Crippen LogP contribution in [-0.2, 0) is 14.8 Å². The topological polar surface area (TPSA) is 104 Å². The summed E-state index contributed by atoms with van der Waals surface area (Å²) in [7, 11) is -3.94. The van der Waals surface area contributed by atoms with Crippen molar-refractivity contribution in [2.45, 2.75) is 24.8 Å². The zero-order chi connectivity index (χ0) is 16.5. The highest BCUT2D eigenvalue weighted by molar-refractivity contribution is 7.89. The highest BCUT2D eigenvalue weighted by Gasteiger charge is 2.28. The highest BCUT2D eigenvalue weighted by atomic mass is 32.2. The van der Waals surface area contributed by atoms with Crippen LogP contribution in [0, 0.1) is 5.92 Å². The van der Waals surface area contributed by atoms with Crippen molar-refractivity contribution in [2.24, 2.45) is 5.92 Å². The largest absolute Gasteiger partial charge is 0.508 e. The van der Waals surface area contributed by atoms with Gasteiger partial charge in [0.1, 0.15) is 11.8 Å². The van der Waals surface area contributed by atoms with Gasteiger partial charge in [0.15, 0.2) is 0 Å². The molecule has 1 atom stereocenters. The number of fused-ring (bicyclic) bond motifs is 1. The van der Waals surface area contributed by atoms with E-state index in [9.17, 15) is 18.3 Å². The zero-order valence-corrected chi connectivity index (χ0v) is 13.0. The van der Waals surface area contributed by atoms with Gasteiger partial charge in [0.25, 0.3) is 0 Å². The fourth-order valence-electron chi connectivity index (χ4n) is 2.09. The number of carbonyl (C=O) groups is 1. The molecule has 0 fully saturated rings. The lowest BCUT2D eigenvalue weighted by Crippen LogP contribution is -2.44. The standard InChI is InChI=1S/C15H17NO5S/c1-9(2)14(15(18)19)16-22(20,21)13-6-4-10-7-12(17)5-3-11(10)8-13/h3-9,14,16-17H,1-2H3,(H,18,19)/t14-/m1/s1. The second-order valence-corrected chi connectivity index (χ2v) is 7.09. The summed E-state index contributed by atoms with van der Waals surface area (Å²) in [5.41, 5.74) is 0. The van der Waals surface area contributed by atoms with Crippen LogP contribution in [0.15, 0.2) is 41.3 Å². The first-order valence-corrected chi connectivity index (χ1v) is 8.17. The van der Waals surface area contributed by atoms with Gasteiger partial charge < -0.3 is 10.2 Å². The number of benzene rings is 2. The number of phenolic OH excluding ortho intramolecular Hbond substituents is 1. The minimum absolute atomic E-state index is 0.0161. The van der Waals surface area contributed by atoms with Crippen LogP contribution in [0.3, 0.4) is 0 Å². The first-order valence-electron chi connectivity index (χ1n) is 6.68. The lowest BCUT2D eigenvalue weighted by Gasteiger charge is -2.18. The summed E-state index contributed by atoms with van der Waals surface area (Å²) in [5.74, 6) is -1.51. The molecule has 0 spiro atoms. The third-order valence-corrected chi connectivity index (χ3v) is 4.76. The lowest BCUT2D eigenvalue weighted by atomic mass is 10.1. The summed E-state index contributed by atoms with van der Waals surface area (Å²) in [5, 5.41) is 19.8. The molecule has 22 heavy (non-hydrogen) atoms. The fourth-order valence-corrected chi connectivity index (χ4v) is 3.46. The number of carboxylic acid groups (broad SMARTS) is 1. The van der Waals surface area contributed by atoms with E-state index in [1.165, 1.54) is 24.3 Å². The Hall–Kier alpha value is -2.12. The molecule has 2 aromatic rings. The van der Waals surface area contributed by atoms with E-state index in [1.54, 1.807) is 26.0 Å². The highest BCUT2D eigenvalue weighted by Crippen LogP contribution is 2.23. The summed E-state index contributed by atoms with van der Waals surface area (Å²) in [4.78, 5) is 11.1. The molecule has 0 aliphatic heterocycles. The minimum Gasteiger partial charge on any atom is -0.508 e. The molecular weight excluding hydrogens is 306 g/mol. The van der Waals surface area contributed by atoms with Gasteiger partial charge >= 0.3 is 5.97 Å². The third kappa shape index (κ3) is 3.37. The second-order valence-electron chi connectivity index (χ2n) is 5.37. The predicted octanol–water partition coefficient (Wildman–Crippen LogP) is 1.93. The molecule has 0 aliphatic rings. The predicted molar refractivity (Wildman–Crippen MR) is 82.2 cm³/mol. The number of aromatic hydroxyl groups is 1. The van der Waals surface area contributed by atoms with Crippen LogP contribution in [0.4, 0.5) is 0 Å². The van der Waals surface area contributed by atoms with Crippen LogP contribution in [0.1, 0.15) is 13.8 Å². The Morgan fingerprint density at radius 1 is 1.09 bits per heavy atom. The Bertz CT molecular complexity index is 814. The molecule has 0 saturated heterocycles. The van der Waals surface area contributed by atoms with Crippen LogP contribution in [0.25, 0.3) is 10.8 Å². The molecule has 2 rings (SSSR count). The lowest BCUT2D eigenvalue weighted by molar-refractivity contribution is -0.140. The van der Waals surface area contributed by atoms with Crippen LogP contribution in [0.5, 0.6) is 5.75 Å². The first kappa shape index (κ1) is 16.3. The molecule has 0 heterocycles. The van der Waals surface area contributed by atoms with Crippen molar-refractivity contribution >= 4 is 26.8 Å². The van der Waals surface area contributed by atoms with Gasteiger partial charge in [0.2, 0.25) is 10.0 Å². The van der Waals surface area contributed by atoms with Gasteiger partial charge in [-0.25, -0.2) is 8.42 Å². The van der Waals surface area contributed by atoms with E-state index in [-0.39, 0.29) is 16.6 Å². The van der Waals surface area contributed by atoms with Crippen LogP contribution in [0.2, 0.25) is 0 Å². The molecule has 0 bridgehead atoms. The molecule has 118 valence electrons. The molecule has 6 nitrogen and oxygen atoms in total. The number of hydrogen-bond donors (Lipinski definition) is 3.